The Hall–Kier alpha value is -1.50. The Morgan fingerprint density at radius 3 is 2.52 bits per heavy atom. The quantitative estimate of drug-likeness (QED) is 0.724. The summed E-state index contributed by atoms with van der Waals surface area (Å²) in [5, 5.41) is 12.7. The number of alkyl carbamates (subject to hydrolysis) is 1. The number of nitrogens with two attached hydrogens (primary N) is 1. The molecule has 122 valence electrons. The van der Waals surface area contributed by atoms with E-state index in [0.717, 1.165) is 0 Å². The molecule has 3 amide bonds. The molecule has 0 bridgehead atoms. The number of rotatable bonds is 3. The number of urea groups is 1. The van der Waals surface area contributed by atoms with E-state index in [4.69, 9.17) is 10.5 Å². The Bertz CT molecular complexity index is 381. The summed E-state index contributed by atoms with van der Waals surface area (Å²) in [6, 6.07) is -0.814. The Labute approximate surface area is 125 Å². The third kappa shape index (κ3) is 5.79. The molecule has 0 aliphatic carbocycles. The summed E-state index contributed by atoms with van der Waals surface area (Å²) in [4.78, 5) is 24.7. The van der Waals surface area contributed by atoms with Gasteiger partial charge >= 0.3 is 12.1 Å². The number of hydrogen-bond donors (Lipinski definition) is 3. The van der Waals surface area contributed by atoms with Gasteiger partial charge in [0.25, 0.3) is 0 Å². The number of amides is 3. The normalized spacial score (nSPS) is 24.3. The van der Waals surface area contributed by atoms with Crippen molar-refractivity contribution in [3.63, 3.8) is 0 Å². The number of aliphatic hydroxyl groups is 1. The van der Waals surface area contributed by atoms with Gasteiger partial charge in [-0.2, -0.15) is 0 Å². The van der Waals surface area contributed by atoms with Crippen LogP contribution < -0.4 is 11.1 Å². The van der Waals surface area contributed by atoms with E-state index >= 15 is 0 Å². The molecule has 0 aromatic rings. The molecule has 0 aromatic heterocycles. The van der Waals surface area contributed by atoms with Gasteiger partial charge in [0.2, 0.25) is 0 Å². The van der Waals surface area contributed by atoms with Crippen LogP contribution in [0.4, 0.5) is 9.59 Å². The Kier molecular flexibility index (Phi) is 5.83. The minimum absolute atomic E-state index is 0.101. The van der Waals surface area contributed by atoms with Gasteiger partial charge < -0.3 is 25.8 Å². The molecule has 21 heavy (non-hydrogen) atoms. The van der Waals surface area contributed by atoms with Crippen LogP contribution in [0.5, 0.6) is 0 Å². The van der Waals surface area contributed by atoms with Gasteiger partial charge in [-0.3, -0.25) is 0 Å². The van der Waals surface area contributed by atoms with Crippen molar-refractivity contribution in [1.29, 1.82) is 0 Å². The maximum Gasteiger partial charge on any atom is 0.407 e. The number of piperidine rings is 1. The van der Waals surface area contributed by atoms with Crippen LogP contribution in [-0.2, 0) is 4.74 Å². The lowest BCUT2D eigenvalue weighted by Gasteiger charge is -2.39. The summed E-state index contributed by atoms with van der Waals surface area (Å²) in [5.74, 6) is -0.101. The minimum atomic E-state index is -0.579. The highest BCUT2D eigenvalue weighted by atomic mass is 16.6. The number of likely N-dealkylation sites (tertiary alicyclic amines) is 1. The van der Waals surface area contributed by atoms with Gasteiger partial charge in [-0.15, -0.1) is 0 Å². The minimum Gasteiger partial charge on any atom is -0.444 e. The molecule has 1 aliphatic heterocycles. The first-order chi connectivity index (χ1) is 9.62. The molecule has 4 N–H and O–H groups in total. The van der Waals surface area contributed by atoms with Gasteiger partial charge in [0.1, 0.15) is 5.60 Å². The predicted octanol–water partition coefficient (Wildman–Crippen LogP) is 1.05. The number of aliphatic hydroxyl groups excluding tert-OH is 1. The summed E-state index contributed by atoms with van der Waals surface area (Å²) in [6.07, 6.45) is 0.146. The molecule has 0 radical (unpaired) electrons. The first-order valence-electron chi connectivity index (χ1n) is 7.34. The molecule has 0 saturated carbocycles. The lowest BCUT2D eigenvalue weighted by Crippen LogP contribution is -2.56. The zero-order valence-electron chi connectivity index (χ0n) is 13.3. The largest absolute Gasteiger partial charge is 0.444 e. The molecule has 3 atom stereocenters. The highest BCUT2D eigenvalue weighted by molar-refractivity contribution is 5.72. The van der Waals surface area contributed by atoms with E-state index in [-0.39, 0.29) is 12.0 Å². The smallest absolute Gasteiger partial charge is 0.407 e. The molecule has 7 heteroatoms. The van der Waals surface area contributed by atoms with E-state index in [9.17, 15) is 14.7 Å². The van der Waals surface area contributed by atoms with E-state index in [0.29, 0.717) is 25.9 Å². The number of nitrogens with one attached hydrogen (secondary N) is 1. The molecule has 1 fully saturated rings. The molecule has 1 heterocycles. The van der Waals surface area contributed by atoms with E-state index in [1.165, 1.54) is 4.90 Å². The molecular weight excluding hydrogens is 274 g/mol. The molecule has 1 saturated heterocycles. The van der Waals surface area contributed by atoms with Crippen LogP contribution in [0.2, 0.25) is 0 Å². The van der Waals surface area contributed by atoms with Gasteiger partial charge in [0, 0.05) is 19.0 Å². The average molecular weight is 301 g/mol. The third-order valence-corrected chi connectivity index (χ3v) is 3.48. The Balaban J connectivity index is 2.67. The molecule has 1 aliphatic rings. The molecular formula is C14H27N3O4. The van der Waals surface area contributed by atoms with E-state index in [1.54, 1.807) is 20.8 Å². The van der Waals surface area contributed by atoms with Crippen LogP contribution in [0, 0.1) is 5.92 Å². The van der Waals surface area contributed by atoms with E-state index in [1.807, 2.05) is 6.92 Å². The third-order valence-electron chi connectivity index (χ3n) is 3.48. The predicted molar refractivity (Wildman–Crippen MR) is 78.7 cm³/mol. The lowest BCUT2D eigenvalue weighted by molar-refractivity contribution is 0.0318. The second-order valence-corrected chi connectivity index (χ2v) is 6.56. The van der Waals surface area contributed by atoms with Crippen LogP contribution >= 0.6 is 0 Å². The number of ether oxygens (including phenoxy) is 1. The van der Waals surface area contributed by atoms with Crippen LogP contribution in [0.3, 0.4) is 0 Å². The van der Waals surface area contributed by atoms with Gasteiger partial charge in [-0.1, -0.05) is 6.92 Å². The summed E-state index contributed by atoms with van der Waals surface area (Å²) in [6.45, 7) is 7.98. The highest BCUT2D eigenvalue weighted by Crippen LogP contribution is 2.22. The molecule has 7 nitrogen and oxygen atoms in total. The monoisotopic (exact) mass is 301 g/mol. The fourth-order valence-corrected chi connectivity index (χ4v) is 2.51. The zero-order chi connectivity index (χ0) is 16.2. The molecule has 1 rings (SSSR count). The van der Waals surface area contributed by atoms with Crippen molar-refractivity contribution in [3.05, 3.63) is 0 Å². The topological polar surface area (TPSA) is 105 Å². The number of nitrogens with zero attached hydrogens (tertiary/aromatic N) is 1. The Morgan fingerprint density at radius 2 is 2.05 bits per heavy atom. The van der Waals surface area contributed by atoms with Crippen molar-refractivity contribution in [1.82, 2.24) is 10.2 Å². The second-order valence-electron chi connectivity index (χ2n) is 6.56. The zero-order valence-corrected chi connectivity index (χ0v) is 13.3. The number of carbonyl (C=O) groups excluding carboxylic acids is 2. The summed E-state index contributed by atoms with van der Waals surface area (Å²) in [7, 11) is 0. The standard InChI is InChI=1S/C14H27N3O4/c1-5-11(18)9-6-10(8-17(7-9)12(15)19)16-13(20)21-14(2,3)4/h9-11,18H,5-8H2,1-4H3,(H2,15,19)(H,16,20). The Morgan fingerprint density at radius 1 is 1.43 bits per heavy atom. The van der Waals surface area contributed by atoms with Gasteiger partial charge in [0.15, 0.2) is 0 Å². The first kappa shape index (κ1) is 17.6. The van der Waals surface area contributed by atoms with Crippen molar-refractivity contribution >= 4 is 12.1 Å². The van der Waals surface area contributed by atoms with Crippen LogP contribution in [0.1, 0.15) is 40.5 Å². The molecule has 3 unspecified atom stereocenters. The van der Waals surface area contributed by atoms with Gasteiger partial charge in [-0.05, 0) is 33.6 Å². The van der Waals surface area contributed by atoms with Gasteiger partial charge in [-0.25, -0.2) is 9.59 Å². The summed E-state index contributed by atoms with van der Waals surface area (Å²) < 4.78 is 5.21. The first-order valence-corrected chi connectivity index (χ1v) is 7.34. The fraction of sp³-hybridized carbons (Fsp3) is 0.857. The van der Waals surface area contributed by atoms with Crippen molar-refractivity contribution in [2.45, 2.75) is 58.3 Å². The fourth-order valence-electron chi connectivity index (χ4n) is 2.51. The van der Waals surface area contributed by atoms with E-state index < -0.39 is 23.8 Å². The van der Waals surface area contributed by atoms with Crippen molar-refractivity contribution in [2.75, 3.05) is 13.1 Å². The van der Waals surface area contributed by atoms with Crippen LogP contribution in [0.25, 0.3) is 0 Å². The molecule has 0 spiro atoms. The highest BCUT2D eigenvalue weighted by Gasteiger charge is 2.33. The van der Waals surface area contributed by atoms with Crippen molar-refractivity contribution < 1.29 is 19.4 Å². The summed E-state index contributed by atoms with van der Waals surface area (Å²) in [5.41, 5.74) is 4.75. The number of primary amides is 1. The molecule has 0 aromatic carbocycles. The maximum atomic E-state index is 11.8. The maximum absolute atomic E-state index is 11.8. The number of carbonyl (C=O) groups is 2. The number of hydrogen-bond acceptors (Lipinski definition) is 4. The average Bonchev–Trinajstić information content (AvgIpc) is 2.34. The van der Waals surface area contributed by atoms with Gasteiger partial charge in [0.05, 0.1) is 12.1 Å². The second kappa shape index (κ2) is 6.98. The van der Waals surface area contributed by atoms with E-state index in [2.05, 4.69) is 5.32 Å². The van der Waals surface area contributed by atoms with Crippen molar-refractivity contribution in [3.8, 4) is 0 Å². The lowest BCUT2D eigenvalue weighted by atomic mass is 9.88. The summed E-state index contributed by atoms with van der Waals surface area (Å²) >= 11 is 0. The van der Waals surface area contributed by atoms with Crippen LogP contribution in [0.15, 0.2) is 0 Å². The van der Waals surface area contributed by atoms with Crippen LogP contribution in [-0.4, -0.2) is 53.0 Å². The SMILES string of the molecule is CCC(O)C1CC(NC(=O)OC(C)(C)C)CN(C(N)=O)C1. The van der Waals surface area contributed by atoms with Crippen molar-refractivity contribution in [2.24, 2.45) is 11.7 Å².